The number of aromatic amines is 3. The van der Waals surface area contributed by atoms with Crippen molar-refractivity contribution in [2.75, 3.05) is 37.1 Å². The number of hydrogen-bond acceptors (Lipinski definition) is 36. The van der Waals surface area contributed by atoms with Crippen molar-refractivity contribution >= 4 is 108 Å². The van der Waals surface area contributed by atoms with Crippen molar-refractivity contribution in [3.63, 3.8) is 0 Å². The second-order valence-electron chi connectivity index (χ2n) is 28.4. The SMILES string of the molecule is CC(C)OC(=O)[C@@H](C)N[P@@](=O)(OC[C@H]1OC(n2ccc(=O)[nH]c2=O)[C@](C)(O)[C@@H]1O)SCC1CC(=O)NC1=O.CC(C)OC(=O)[C@H](C)NP(=O)(OC[C@H]1OC(n2ccc(=O)[nH]c2=O)[C@](C)(O)[C@@H]1O)SCC1CC(=O)NC1=O.CC(C)OC(=O)[C@H](C)N[P@](=O)(OC[C@H]1OC(n2ccc(=O)[nH]c2=O)[C@](C)(O)[C@@H]1O)SCC1CC(=O)NC1=O. The lowest BCUT2D eigenvalue weighted by Gasteiger charge is -2.27. The highest BCUT2D eigenvalue weighted by molar-refractivity contribution is 8.56. The predicted octanol–water partition coefficient (Wildman–Crippen LogP) is -3.01. The van der Waals surface area contributed by atoms with Gasteiger partial charge in [-0.2, -0.15) is 0 Å². The molecule has 6 aliphatic rings. The summed E-state index contributed by atoms with van der Waals surface area (Å²) < 4.78 is 93.0. The zero-order valence-corrected chi connectivity index (χ0v) is 68.5. The molecule has 9 heterocycles. The van der Waals surface area contributed by atoms with E-state index in [2.05, 4.69) is 31.2 Å². The van der Waals surface area contributed by atoms with Crippen molar-refractivity contribution in [2.24, 2.45) is 17.8 Å². The van der Waals surface area contributed by atoms with Gasteiger partial charge in [-0.1, -0.05) is 34.1 Å². The van der Waals surface area contributed by atoms with Crippen LogP contribution in [0.1, 0.15) is 121 Å². The van der Waals surface area contributed by atoms with Gasteiger partial charge in [0.2, 0.25) is 35.4 Å². The zero-order chi connectivity index (χ0) is 85.2. The Morgan fingerprint density at radius 2 is 0.675 bits per heavy atom. The molecule has 0 bridgehead atoms. The molecule has 0 spiro atoms. The third kappa shape index (κ3) is 24.6. The maximum atomic E-state index is 13.7. The minimum atomic E-state index is -4.01. The summed E-state index contributed by atoms with van der Waals surface area (Å²) in [6.07, 6.45) is -11.4. The molecule has 0 aromatic carbocycles. The molecule has 114 heavy (non-hydrogen) atoms. The summed E-state index contributed by atoms with van der Waals surface area (Å²) in [6, 6.07) is -0.187. The lowest BCUT2D eigenvalue weighted by molar-refractivity contribution is -0.149. The number of esters is 3. The van der Waals surface area contributed by atoms with Gasteiger partial charge < -0.3 is 72.6 Å². The summed E-state index contributed by atoms with van der Waals surface area (Å²) in [5.41, 5.74) is -10.7. The summed E-state index contributed by atoms with van der Waals surface area (Å²) in [7, 11) is 0. The molecule has 7 unspecified atom stereocenters. The second-order valence-corrected chi connectivity index (χ2v) is 41.3. The summed E-state index contributed by atoms with van der Waals surface area (Å²) >= 11 is 2.05. The average Bonchev–Trinajstić information content (AvgIpc) is 1.64. The summed E-state index contributed by atoms with van der Waals surface area (Å²) in [6.45, 7) is 3.94. The van der Waals surface area contributed by atoms with Crippen LogP contribution in [0.2, 0.25) is 0 Å². The number of aliphatic hydroxyl groups excluding tert-OH is 3. The van der Waals surface area contributed by atoms with Gasteiger partial charge in [-0.05, 0) is 83.1 Å². The van der Waals surface area contributed by atoms with E-state index in [9.17, 15) is 116 Å². The first-order chi connectivity index (χ1) is 52.9. The predicted molar refractivity (Wildman–Crippen MR) is 399 cm³/mol. The normalized spacial score (nSPS) is 29.8. The van der Waals surface area contributed by atoms with Crippen molar-refractivity contribution < 1.29 is 129 Å². The number of aromatic nitrogens is 6. The molecule has 9 rings (SSSR count). The fourth-order valence-electron chi connectivity index (χ4n) is 11.5. The van der Waals surface area contributed by atoms with E-state index in [1.807, 2.05) is 15.0 Å². The quantitative estimate of drug-likeness (QED) is 0.0125. The Hall–Kier alpha value is -6.99. The summed E-state index contributed by atoms with van der Waals surface area (Å²) in [5.74, 6) is -7.69. The Balaban J connectivity index is 0.000000237. The maximum Gasteiger partial charge on any atom is 0.330 e. The molecule has 3 aromatic rings. The molecule has 6 saturated heterocycles. The van der Waals surface area contributed by atoms with Crippen molar-refractivity contribution in [1.29, 1.82) is 0 Å². The number of hydrogen-bond donors (Lipinski definition) is 15. The molecule has 3 aromatic heterocycles. The van der Waals surface area contributed by atoms with Gasteiger partial charge in [0.25, 0.3) is 16.7 Å². The monoisotopic (exact) mass is 1730 g/mol. The van der Waals surface area contributed by atoms with Crippen LogP contribution in [0.4, 0.5) is 0 Å². The number of imide groups is 3. The van der Waals surface area contributed by atoms with Gasteiger partial charge in [0.05, 0.1) is 55.9 Å². The third-order valence-corrected chi connectivity index (χ3v) is 30.1. The Morgan fingerprint density at radius 1 is 0.447 bits per heavy atom. The van der Waals surface area contributed by atoms with E-state index in [1.165, 1.54) is 41.5 Å². The maximum absolute atomic E-state index is 13.7. The number of amides is 6. The van der Waals surface area contributed by atoms with E-state index in [0.29, 0.717) is 34.1 Å². The first kappa shape index (κ1) is 94.2. The Morgan fingerprint density at radius 3 is 0.868 bits per heavy atom. The lowest BCUT2D eigenvalue weighted by atomic mass is 9.96. The molecular formula is C63H93N12O33P3S3. The first-order valence-electron chi connectivity index (χ1n) is 35.1. The molecular weight excluding hydrogens is 1640 g/mol. The van der Waals surface area contributed by atoms with Crippen LogP contribution in [-0.2, 0) is 98.8 Å². The fraction of sp³-hybridized carbons (Fsp3) is 0.667. The molecule has 51 heteroatoms. The number of nitrogens with one attached hydrogen (secondary N) is 9. The number of carbonyl (C=O) groups is 9. The molecule has 6 fully saturated rings. The second kappa shape index (κ2) is 39.1. The minimum Gasteiger partial charge on any atom is -0.462 e. The number of carbonyl (C=O) groups excluding carboxylic acids is 9. The highest BCUT2D eigenvalue weighted by atomic mass is 32.7. The van der Waals surface area contributed by atoms with Crippen LogP contribution >= 0.6 is 54.3 Å². The van der Waals surface area contributed by atoms with Crippen molar-refractivity contribution in [3.8, 4) is 0 Å². The van der Waals surface area contributed by atoms with Crippen LogP contribution in [0.3, 0.4) is 0 Å². The molecule has 6 aliphatic heterocycles. The molecule has 6 amide bonds. The fourth-order valence-corrected chi connectivity index (χ4v) is 23.6. The average molecular weight is 1740 g/mol. The summed E-state index contributed by atoms with van der Waals surface area (Å²) in [5, 5.41) is 78.9. The van der Waals surface area contributed by atoms with Gasteiger partial charge in [0, 0.05) is 73.3 Å². The number of nitrogens with zero attached hydrogens (tertiary/aromatic N) is 3. The Bertz CT molecular complexity index is 4140. The number of rotatable bonds is 33. The van der Waals surface area contributed by atoms with E-state index in [4.69, 9.17) is 42.0 Å². The van der Waals surface area contributed by atoms with Crippen LogP contribution < -0.4 is 65.0 Å². The first-order valence-corrected chi connectivity index (χ1v) is 44.8. The Kier molecular flexibility index (Phi) is 32.3. The van der Waals surface area contributed by atoms with E-state index in [1.54, 1.807) is 41.5 Å². The van der Waals surface area contributed by atoms with Crippen LogP contribution in [0.5, 0.6) is 0 Å². The van der Waals surface area contributed by atoms with Crippen LogP contribution in [-0.4, -0.2) is 240 Å². The van der Waals surface area contributed by atoms with Crippen LogP contribution in [0, 0.1) is 17.8 Å². The molecule has 0 aliphatic carbocycles. The van der Waals surface area contributed by atoms with Crippen molar-refractivity contribution in [3.05, 3.63) is 99.3 Å². The topological polar surface area (TPSA) is 646 Å². The number of H-pyrrole nitrogens is 3. The van der Waals surface area contributed by atoms with E-state index < -0.39 is 253 Å². The van der Waals surface area contributed by atoms with Crippen LogP contribution in [0.25, 0.3) is 0 Å². The van der Waals surface area contributed by atoms with Crippen molar-refractivity contribution in [2.45, 2.75) is 211 Å². The largest absolute Gasteiger partial charge is 0.462 e. The van der Waals surface area contributed by atoms with Gasteiger partial charge in [-0.25, -0.2) is 29.6 Å². The molecule has 0 saturated carbocycles. The van der Waals surface area contributed by atoms with Gasteiger partial charge in [-0.3, -0.25) is 116 Å². The molecule has 45 nitrogen and oxygen atoms in total. The molecule has 0 radical (unpaired) electrons. The van der Waals surface area contributed by atoms with Gasteiger partial charge in [0.15, 0.2) is 18.7 Å². The molecule has 636 valence electrons. The highest BCUT2D eigenvalue weighted by Gasteiger charge is 2.57. The van der Waals surface area contributed by atoms with Crippen molar-refractivity contribution in [1.82, 2.24) is 59.9 Å². The van der Waals surface area contributed by atoms with E-state index >= 15 is 0 Å². The van der Waals surface area contributed by atoms with Gasteiger partial charge in [-0.15, -0.1) is 0 Å². The zero-order valence-electron chi connectivity index (χ0n) is 63.3. The third-order valence-electron chi connectivity index (χ3n) is 17.5. The minimum absolute atomic E-state index is 0.0883. The van der Waals surface area contributed by atoms with Gasteiger partial charge >= 0.3 is 55.1 Å². The Labute approximate surface area is 659 Å². The van der Waals surface area contributed by atoms with Gasteiger partial charge in [0.1, 0.15) is 71.6 Å². The standard InChI is InChI=1S/3C21H31N4O11PS/c3*1-10(2)35-18(30)11(3)24-37(33,38-9-12-7-15(27)22-17(12)29)34-8-13-16(28)21(4,32)19(36-13)25-6-5-14(26)23-20(25)31/h3*5-6,10-13,16,19,28,32H,7-9H2,1-4H3,(H,24,33)(H,22,27,29)(H,23,26,31)/t11-,12?,13+,16+,19?,21+,37?;11-,12?,13+,16+,19?,21+,37-;11-,12?,13-,16-,19?,21-,37-/m001/s1. The lowest BCUT2D eigenvalue weighted by Crippen LogP contribution is -2.47. The molecule has 21 atom stereocenters. The van der Waals surface area contributed by atoms with Crippen LogP contribution in [0.15, 0.2) is 65.6 Å². The summed E-state index contributed by atoms with van der Waals surface area (Å²) in [4.78, 5) is 184. The molecule has 15 N–H and O–H groups in total. The smallest absolute Gasteiger partial charge is 0.330 e. The van der Waals surface area contributed by atoms with E-state index in [0.717, 1.165) is 50.5 Å². The highest BCUT2D eigenvalue weighted by Crippen LogP contribution is 2.60. The number of aliphatic hydroxyl groups is 6. The number of ether oxygens (including phenoxy) is 6. The van der Waals surface area contributed by atoms with E-state index in [-0.39, 0.29) is 36.5 Å².